The maximum absolute atomic E-state index is 14.2. The van der Waals surface area contributed by atoms with Crippen molar-refractivity contribution in [1.82, 2.24) is 20.5 Å². The van der Waals surface area contributed by atoms with Crippen molar-refractivity contribution in [2.75, 3.05) is 13.2 Å². The summed E-state index contributed by atoms with van der Waals surface area (Å²) < 4.78 is 5.68. The highest BCUT2D eigenvalue weighted by atomic mass is 16.5. The lowest BCUT2D eigenvalue weighted by Gasteiger charge is -2.37. The molecule has 0 bridgehead atoms. The van der Waals surface area contributed by atoms with Crippen LogP contribution in [-0.2, 0) is 27.2 Å². The molecule has 0 saturated carbocycles. The lowest BCUT2D eigenvalue weighted by molar-refractivity contribution is -0.132. The number of ether oxygens (including phenoxy) is 1. The van der Waals surface area contributed by atoms with Crippen LogP contribution in [0.3, 0.4) is 0 Å². The van der Waals surface area contributed by atoms with Crippen molar-refractivity contribution < 1.29 is 19.1 Å². The molecular weight excluding hydrogens is 516 g/mol. The molecule has 8 nitrogen and oxygen atoms in total. The van der Waals surface area contributed by atoms with E-state index in [2.05, 4.69) is 21.7 Å². The number of fused-ring (bicyclic) bond motifs is 7. The molecule has 1 fully saturated rings. The van der Waals surface area contributed by atoms with Crippen LogP contribution in [0.5, 0.6) is 0 Å². The maximum Gasteiger partial charge on any atom is 0.255 e. The Morgan fingerprint density at radius 2 is 1.78 bits per heavy atom. The highest BCUT2D eigenvalue weighted by Gasteiger charge is 2.49. The molecule has 3 aliphatic heterocycles. The van der Waals surface area contributed by atoms with Gasteiger partial charge >= 0.3 is 0 Å². The molecule has 4 heterocycles. The molecular formula is C33H32N4O4. The molecule has 3 amide bonds. The van der Waals surface area contributed by atoms with Crippen LogP contribution in [0.1, 0.15) is 51.6 Å². The predicted molar refractivity (Wildman–Crippen MR) is 154 cm³/mol. The van der Waals surface area contributed by atoms with Crippen LogP contribution in [0, 0.1) is 0 Å². The molecule has 1 saturated heterocycles. The summed E-state index contributed by atoms with van der Waals surface area (Å²) in [6.07, 6.45) is 2.58. The normalized spacial score (nSPS) is 21.7. The largest absolute Gasteiger partial charge is 0.376 e. The predicted octanol–water partition coefficient (Wildman–Crippen LogP) is 3.66. The van der Waals surface area contributed by atoms with Gasteiger partial charge in [-0.1, -0.05) is 66.7 Å². The lowest BCUT2D eigenvalue weighted by atomic mass is 9.89. The molecule has 0 spiro atoms. The minimum atomic E-state index is -0.797. The van der Waals surface area contributed by atoms with Crippen molar-refractivity contribution in [2.45, 2.75) is 49.9 Å². The Morgan fingerprint density at radius 1 is 1.00 bits per heavy atom. The molecule has 0 radical (unpaired) electrons. The van der Waals surface area contributed by atoms with Crippen molar-refractivity contribution in [3.8, 4) is 0 Å². The molecule has 4 aromatic rings. The van der Waals surface area contributed by atoms with Gasteiger partial charge in [0.05, 0.1) is 12.1 Å². The molecule has 1 aromatic heterocycles. The number of H-pyrrole nitrogens is 1. The number of carbonyl (C=O) groups is 3. The summed E-state index contributed by atoms with van der Waals surface area (Å²) in [5.41, 5.74) is 5.40. The molecule has 0 unspecified atom stereocenters. The van der Waals surface area contributed by atoms with E-state index in [0.717, 1.165) is 46.1 Å². The van der Waals surface area contributed by atoms with E-state index in [1.807, 2.05) is 72.8 Å². The van der Waals surface area contributed by atoms with Crippen molar-refractivity contribution >= 4 is 28.6 Å². The average molecular weight is 549 g/mol. The highest BCUT2D eigenvalue weighted by Crippen LogP contribution is 2.46. The van der Waals surface area contributed by atoms with Crippen molar-refractivity contribution in [1.29, 1.82) is 0 Å². The first-order valence-electron chi connectivity index (χ1n) is 14.3. The third kappa shape index (κ3) is 4.58. The molecule has 0 aliphatic carbocycles. The van der Waals surface area contributed by atoms with Crippen LogP contribution >= 0.6 is 0 Å². The Labute approximate surface area is 238 Å². The lowest BCUT2D eigenvalue weighted by Crippen LogP contribution is -2.57. The number of nitrogens with one attached hydrogen (secondary N) is 3. The third-order valence-corrected chi connectivity index (χ3v) is 8.60. The van der Waals surface area contributed by atoms with Crippen molar-refractivity contribution in [2.24, 2.45) is 0 Å². The number of nitrogens with zero attached hydrogens (tertiary/aromatic N) is 1. The zero-order valence-corrected chi connectivity index (χ0v) is 22.6. The summed E-state index contributed by atoms with van der Waals surface area (Å²) in [6.45, 7) is 1.11. The fourth-order valence-electron chi connectivity index (χ4n) is 6.61. The van der Waals surface area contributed by atoms with Crippen LogP contribution in [0.15, 0.2) is 78.9 Å². The number of carbonyl (C=O) groups excluding carboxylic acids is 3. The van der Waals surface area contributed by atoms with Crippen LogP contribution in [0.2, 0.25) is 0 Å². The van der Waals surface area contributed by atoms with E-state index in [9.17, 15) is 14.4 Å². The van der Waals surface area contributed by atoms with Gasteiger partial charge in [0.15, 0.2) is 0 Å². The van der Waals surface area contributed by atoms with Crippen LogP contribution in [0.4, 0.5) is 0 Å². The molecule has 3 aliphatic rings. The minimum absolute atomic E-state index is 0.00727. The number of hydrogen-bond acceptors (Lipinski definition) is 4. The second-order valence-corrected chi connectivity index (χ2v) is 11.1. The number of aromatic amines is 1. The summed E-state index contributed by atoms with van der Waals surface area (Å²) >= 11 is 0. The van der Waals surface area contributed by atoms with Gasteiger partial charge in [-0.25, -0.2) is 0 Å². The number of para-hydroxylation sites is 1. The zero-order valence-electron chi connectivity index (χ0n) is 22.6. The molecule has 4 atom stereocenters. The number of amides is 3. The first-order valence-corrected chi connectivity index (χ1v) is 14.3. The highest BCUT2D eigenvalue weighted by molar-refractivity contribution is 6.04. The SMILES string of the molecule is O=C(NC[C@@H]1CCCO1)[C@H](Cc1ccccc1)NC(=O)[C@@H]1Cc2c([nH]c3ccccc23)[C@@H]2c3ccccc3C(=O)N21. The Bertz CT molecular complexity index is 1620. The van der Waals surface area contributed by atoms with E-state index in [4.69, 9.17) is 4.74 Å². The number of benzene rings is 3. The second-order valence-electron chi connectivity index (χ2n) is 11.1. The van der Waals surface area contributed by atoms with Gasteiger partial charge in [-0.15, -0.1) is 0 Å². The Hall–Kier alpha value is -4.43. The van der Waals surface area contributed by atoms with Crippen molar-refractivity contribution in [3.63, 3.8) is 0 Å². The molecule has 3 aromatic carbocycles. The first-order chi connectivity index (χ1) is 20.1. The quantitative estimate of drug-likeness (QED) is 0.328. The van der Waals surface area contributed by atoms with Gasteiger partial charge in [0.25, 0.3) is 5.91 Å². The topological polar surface area (TPSA) is 104 Å². The van der Waals surface area contributed by atoms with E-state index < -0.39 is 18.1 Å². The smallest absolute Gasteiger partial charge is 0.255 e. The summed E-state index contributed by atoms with van der Waals surface area (Å²) in [4.78, 5) is 46.6. The van der Waals surface area contributed by atoms with E-state index in [1.54, 1.807) is 4.90 Å². The van der Waals surface area contributed by atoms with Gasteiger partial charge in [0.1, 0.15) is 12.1 Å². The molecule has 3 N–H and O–H groups in total. The summed E-state index contributed by atoms with van der Waals surface area (Å²) in [5.74, 6) is -0.758. The number of rotatable bonds is 7. The number of hydrogen-bond donors (Lipinski definition) is 3. The van der Waals surface area contributed by atoms with E-state index in [-0.39, 0.29) is 23.8 Å². The van der Waals surface area contributed by atoms with Crippen LogP contribution < -0.4 is 10.6 Å². The van der Waals surface area contributed by atoms with Gasteiger partial charge in [-0.05, 0) is 41.7 Å². The monoisotopic (exact) mass is 548 g/mol. The second kappa shape index (κ2) is 10.5. The number of aromatic nitrogens is 1. The Morgan fingerprint density at radius 3 is 2.61 bits per heavy atom. The Kier molecular flexibility index (Phi) is 6.55. The first kappa shape index (κ1) is 25.5. The zero-order chi connectivity index (χ0) is 27.9. The summed E-state index contributed by atoms with van der Waals surface area (Å²) in [7, 11) is 0. The Balaban J connectivity index is 1.21. The summed E-state index contributed by atoms with van der Waals surface area (Å²) in [6, 6.07) is 23.3. The third-order valence-electron chi connectivity index (χ3n) is 8.60. The molecule has 41 heavy (non-hydrogen) atoms. The molecule has 208 valence electrons. The van der Waals surface area contributed by atoms with Gasteiger partial charge in [0.2, 0.25) is 11.8 Å². The van der Waals surface area contributed by atoms with E-state index in [1.165, 1.54) is 0 Å². The van der Waals surface area contributed by atoms with Gasteiger partial charge < -0.3 is 25.3 Å². The van der Waals surface area contributed by atoms with Crippen molar-refractivity contribution in [3.05, 3.63) is 107 Å². The van der Waals surface area contributed by atoms with Crippen LogP contribution in [0.25, 0.3) is 10.9 Å². The molecule has 8 heteroatoms. The molecule has 7 rings (SSSR count). The average Bonchev–Trinajstić information content (AvgIpc) is 3.73. The van der Waals surface area contributed by atoms with Crippen LogP contribution in [-0.4, -0.2) is 58.9 Å². The van der Waals surface area contributed by atoms with Gasteiger partial charge in [0, 0.05) is 48.2 Å². The fraction of sp³-hybridized carbons (Fsp3) is 0.303. The standard InChI is InChI=1S/C33H32N4O4/c38-31(34-19-21-11-8-16-41-21)27(17-20-9-2-1-3-10-20)36-32(39)28-18-25-22-12-6-7-15-26(22)35-29(25)30-23-13-4-5-14-24(23)33(40)37(28)30/h1-7,9-10,12-15,21,27-28,30,35H,8,11,16-19H2,(H,34,38)(H,36,39)/t21-,27-,28-,30-/m0/s1. The van der Waals surface area contributed by atoms with E-state index >= 15 is 0 Å². The summed E-state index contributed by atoms with van der Waals surface area (Å²) in [5, 5.41) is 7.09. The van der Waals surface area contributed by atoms with Gasteiger partial charge in [-0.2, -0.15) is 0 Å². The fourth-order valence-corrected chi connectivity index (χ4v) is 6.61. The maximum atomic E-state index is 14.2. The minimum Gasteiger partial charge on any atom is -0.376 e. The van der Waals surface area contributed by atoms with E-state index in [0.29, 0.717) is 31.6 Å². The van der Waals surface area contributed by atoms with Gasteiger partial charge in [-0.3, -0.25) is 14.4 Å².